The van der Waals surface area contributed by atoms with Gasteiger partial charge in [0.25, 0.3) is 5.91 Å². The van der Waals surface area contributed by atoms with Crippen LogP contribution in [0.4, 0.5) is 16.2 Å². The van der Waals surface area contributed by atoms with Crippen molar-refractivity contribution in [2.24, 2.45) is 0 Å². The molecule has 3 aromatic rings. The summed E-state index contributed by atoms with van der Waals surface area (Å²) in [5.74, 6) is 0.627. The van der Waals surface area contributed by atoms with Crippen LogP contribution in [0.3, 0.4) is 0 Å². The van der Waals surface area contributed by atoms with Gasteiger partial charge in [0, 0.05) is 17.9 Å². The topological polar surface area (TPSA) is 99.4 Å². The molecule has 8 heteroatoms. The van der Waals surface area contributed by atoms with Crippen LogP contribution in [0.5, 0.6) is 0 Å². The highest BCUT2D eigenvalue weighted by molar-refractivity contribution is 5.95. The van der Waals surface area contributed by atoms with Crippen LogP contribution >= 0.6 is 0 Å². The molecule has 3 amide bonds. The number of ether oxygens (including phenoxy) is 1. The van der Waals surface area contributed by atoms with Crippen molar-refractivity contribution < 1.29 is 14.3 Å². The number of hydrogen-bond acceptors (Lipinski definition) is 4. The number of nitrogens with zero attached hydrogens (tertiary/aromatic N) is 2. The maximum Gasteiger partial charge on any atom is 0.319 e. The van der Waals surface area contributed by atoms with Gasteiger partial charge < -0.3 is 25.3 Å². The first-order valence-corrected chi connectivity index (χ1v) is 9.10. The molecule has 1 atom stereocenters. The number of H-pyrrole nitrogens is 1. The molecule has 8 nitrogen and oxygen atoms in total. The molecular formula is C20H21N5O3. The minimum Gasteiger partial charge on any atom is -0.370 e. The molecule has 144 valence electrons. The number of aromatic nitrogens is 2. The van der Waals surface area contributed by atoms with Crippen molar-refractivity contribution in [2.45, 2.75) is 13.0 Å². The van der Waals surface area contributed by atoms with Gasteiger partial charge in [0.2, 0.25) is 0 Å². The lowest BCUT2D eigenvalue weighted by atomic mass is 10.2. The van der Waals surface area contributed by atoms with Gasteiger partial charge in [-0.05, 0) is 43.3 Å². The van der Waals surface area contributed by atoms with Crippen LogP contribution in [0.2, 0.25) is 0 Å². The van der Waals surface area contributed by atoms with Crippen LogP contribution < -0.4 is 15.5 Å². The fraction of sp³-hybridized carbons (Fsp3) is 0.250. The molecular weight excluding hydrogens is 358 g/mol. The van der Waals surface area contributed by atoms with E-state index in [2.05, 4.69) is 20.6 Å². The second-order valence-electron chi connectivity index (χ2n) is 6.60. The summed E-state index contributed by atoms with van der Waals surface area (Å²) in [7, 11) is 0. The Bertz CT molecular complexity index is 966. The zero-order chi connectivity index (χ0) is 19.5. The van der Waals surface area contributed by atoms with Gasteiger partial charge >= 0.3 is 6.03 Å². The lowest BCUT2D eigenvalue weighted by molar-refractivity contribution is -0.125. The SMILES string of the molecule is CC(NC(=O)Nc1ccc(N2CCOCC2=O)cc1)c1nc2ccccc2[nH]1. The molecule has 4 rings (SSSR count). The average Bonchev–Trinajstić information content (AvgIpc) is 3.13. The van der Waals surface area contributed by atoms with Crippen molar-refractivity contribution >= 4 is 34.3 Å². The number of morpholine rings is 1. The summed E-state index contributed by atoms with van der Waals surface area (Å²) in [6.45, 7) is 3.02. The number of hydrogen-bond donors (Lipinski definition) is 3. The second-order valence-corrected chi connectivity index (χ2v) is 6.60. The highest BCUT2D eigenvalue weighted by Crippen LogP contribution is 2.20. The molecule has 1 unspecified atom stereocenters. The zero-order valence-electron chi connectivity index (χ0n) is 15.4. The summed E-state index contributed by atoms with van der Waals surface area (Å²) in [4.78, 5) is 33.6. The summed E-state index contributed by atoms with van der Waals surface area (Å²) < 4.78 is 5.14. The smallest absolute Gasteiger partial charge is 0.319 e. The van der Waals surface area contributed by atoms with E-state index >= 15 is 0 Å². The summed E-state index contributed by atoms with van der Waals surface area (Å²) in [5, 5.41) is 5.66. The van der Waals surface area contributed by atoms with E-state index < -0.39 is 0 Å². The number of aromatic amines is 1. The Labute approximate surface area is 161 Å². The quantitative estimate of drug-likeness (QED) is 0.649. The third-order valence-electron chi connectivity index (χ3n) is 4.59. The van der Waals surface area contributed by atoms with Crippen LogP contribution in [-0.4, -0.2) is 41.7 Å². The minimum absolute atomic E-state index is 0.0654. The van der Waals surface area contributed by atoms with E-state index in [0.29, 0.717) is 24.7 Å². The molecule has 1 aliphatic heterocycles. The van der Waals surface area contributed by atoms with Gasteiger partial charge in [-0.1, -0.05) is 12.1 Å². The lowest BCUT2D eigenvalue weighted by Crippen LogP contribution is -2.41. The molecule has 0 aliphatic carbocycles. The summed E-state index contributed by atoms with van der Waals surface area (Å²) in [6, 6.07) is 14.3. The van der Waals surface area contributed by atoms with Crippen LogP contribution in [0.25, 0.3) is 11.0 Å². The number of imidazole rings is 1. The van der Waals surface area contributed by atoms with Gasteiger partial charge in [-0.2, -0.15) is 0 Å². The number of carbonyl (C=O) groups is 2. The Morgan fingerprint density at radius 3 is 2.75 bits per heavy atom. The lowest BCUT2D eigenvalue weighted by Gasteiger charge is -2.26. The summed E-state index contributed by atoms with van der Waals surface area (Å²) in [6.07, 6.45) is 0. The largest absolute Gasteiger partial charge is 0.370 e. The van der Waals surface area contributed by atoms with Gasteiger partial charge in [-0.3, -0.25) is 4.79 Å². The highest BCUT2D eigenvalue weighted by Gasteiger charge is 2.20. The van der Waals surface area contributed by atoms with Gasteiger partial charge in [0.15, 0.2) is 0 Å². The second kappa shape index (κ2) is 7.69. The maximum atomic E-state index is 12.3. The molecule has 1 fully saturated rings. The Balaban J connectivity index is 1.37. The molecule has 0 bridgehead atoms. The zero-order valence-corrected chi connectivity index (χ0v) is 15.4. The number of nitrogens with one attached hydrogen (secondary N) is 3. The Morgan fingerprint density at radius 1 is 1.21 bits per heavy atom. The number of amides is 3. The van der Waals surface area contributed by atoms with Gasteiger partial charge in [0.05, 0.1) is 23.7 Å². The van der Waals surface area contributed by atoms with E-state index in [9.17, 15) is 9.59 Å². The van der Waals surface area contributed by atoms with Crippen LogP contribution in [0.1, 0.15) is 18.8 Å². The monoisotopic (exact) mass is 379 g/mol. The molecule has 1 saturated heterocycles. The van der Waals surface area contributed by atoms with E-state index in [1.807, 2.05) is 43.3 Å². The fourth-order valence-corrected chi connectivity index (χ4v) is 3.13. The van der Waals surface area contributed by atoms with Gasteiger partial charge in [0.1, 0.15) is 12.4 Å². The van der Waals surface area contributed by atoms with Crippen molar-refractivity contribution in [3.8, 4) is 0 Å². The first kappa shape index (κ1) is 18.0. The number of carbonyl (C=O) groups excluding carboxylic acids is 2. The average molecular weight is 379 g/mol. The molecule has 1 aliphatic rings. The van der Waals surface area contributed by atoms with Gasteiger partial charge in [-0.15, -0.1) is 0 Å². The van der Waals surface area contributed by atoms with Crippen molar-refractivity contribution in [1.29, 1.82) is 0 Å². The Kier molecular flexibility index (Phi) is 4.94. The number of benzene rings is 2. The van der Waals surface area contributed by atoms with Crippen molar-refractivity contribution in [2.75, 3.05) is 30.0 Å². The third-order valence-corrected chi connectivity index (χ3v) is 4.59. The third kappa shape index (κ3) is 3.81. The fourth-order valence-electron chi connectivity index (χ4n) is 3.13. The van der Waals surface area contributed by atoms with E-state index in [-0.39, 0.29) is 24.6 Å². The van der Waals surface area contributed by atoms with Crippen LogP contribution in [0, 0.1) is 0 Å². The van der Waals surface area contributed by atoms with E-state index in [4.69, 9.17) is 4.74 Å². The summed E-state index contributed by atoms with van der Waals surface area (Å²) >= 11 is 0. The standard InChI is InChI=1S/C20H21N5O3/c1-13(19-23-16-4-2-3-5-17(16)24-19)21-20(27)22-14-6-8-15(9-7-14)25-10-11-28-12-18(25)26/h2-9,13H,10-12H2,1H3,(H,23,24)(H2,21,22,27). The predicted molar refractivity (Wildman–Crippen MR) is 106 cm³/mol. The number of fused-ring (bicyclic) bond motifs is 1. The van der Waals surface area contributed by atoms with Gasteiger partial charge in [-0.25, -0.2) is 9.78 Å². The number of rotatable bonds is 4. The predicted octanol–water partition coefficient (Wildman–Crippen LogP) is 2.81. The van der Waals surface area contributed by atoms with E-state index in [1.165, 1.54) is 0 Å². The Hall–Kier alpha value is -3.39. The summed E-state index contributed by atoms with van der Waals surface area (Å²) in [5.41, 5.74) is 3.22. The molecule has 2 heterocycles. The normalized spacial score (nSPS) is 15.5. The molecule has 0 saturated carbocycles. The minimum atomic E-state index is -0.330. The first-order valence-electron chi connectivity index (χ1n) is 9.10. The van der Waals surface area contributed by atoms with Crippen molar-refractivity contribution in [3.63, 3.8) is 0 Å². The van der Waals surface area contributed by atoms with Crippen LogP contribution in [-0.2, 0) is 9.53 Å². The highest BCUT2D eigenvalue weighted by atomic mass is 16.5. The van der Waals surface area contributed by atoms with Crippen molar-refractivity contribution in [3.05, 3.63) is 54.4 Å². The molecule has 3 N–H and O–H groups in total. The maximum absolute atomic E-state index is 12.3. The Morgan fingerprint density at radius 2 is 2.00 bits per heavy atom. The van der Waals surface area contributed by atoms with E-state index in [1.54, 1.807) is 17.0 Å². The number of anilines is 2. The molecule has 2 aromatic carbocycles. The van der Waals surface area contributed by atoms with E-state index in [0.717, 1.165) is 16.7 Å². The number of urea groups is 1. The molecule has 0 spiro atoms. The molecule has 1 aromatic heterocycles. The number of para-hydroxylation sites is 2. The van der Waals surface area contributed by atoms with Crippen molar-refractivity contribution in [1.82, 2.24) is 15.3 Å². The molecule has 28 heavy (non-hydrogen) atoms. The molecule has 0 radical (unpaired) electrons. The van der Waals surface area contributed by atoms with Crippen LogP contribution in [0.15, 0.2) is 48.5 Å². The first-order chi connectivity index (χ1) is 13.6.